The number of aryl methyl sites for hydroxylation is 1. The maximum atomic E-state index is 10.0. The van der Waals surface area contributed by atoms with Crippen molar-refractivity contribution < 1.29 is 9.84 Å². The lowest BCUT2D eigenvalue weighted by molar-refractivity contribution is -0.184. The van der Waals surface area contributed by atoms with Gasteiger partial charge in [0.05, 0.1) is 13.2 Å². The molecule has 1 aliphatic heterocycles. The molecule has 0 saturated carbocycles. The van der Waals surface area contributed by atoms with Gasteiger partial charge in [0.15, 0.2) is 0 Å². The summed E-state index contributed by atoms with van der Waals surface area (Å²) < 4.78 is 5.01. The van der Waals surface area contributed by atoms with Gasteiger partial charge >= 0.3 is 0 Å². The molecule has 2 nitrogen and oxygen atoms in total. The Morgan fingerprint density at radius 2 is 2.21 bits per heavy atom. The minimum atomic E-state index is -0.783. The number of ether oxygens (including phenoxy) is 1. The van der Waals surface area contributed by atoms with Crippen LogP contribution >= 0.6 is 11.6 Å². The molecular weight excluding hydrogens is 200 g/mol. The molecule has 0 radical (unpaired) electrons. The first kappa shape index (κ1) is 9.97. The molecule has 0 spiro atoms. The van der Waals surface area contributed by atoms with Gasteiger partial charge in [0, 0.05) is 5.02 Å². The molecule has 0 bridgehead atoms. The molecule has 0 aliphatic carbocycles. The summed E-state index contributed by atoms with van der Waals surface area (Å²) in [7, 11) is 0. The van der Waals surface area contributed by atoms with Crippen molar-refractivity contribution in [3.63, 3.8) is 0 Å². The van der Waals surface area contributed by atoms with Gasteiger partial charge in [-0.1, -0.05) is 30.7 Å². The Morgan fingerprint density at radius 1 is 1.50 bits per heavy atom. The maximum Gasteiger partial charge on any atom is 0.136 e. The Bertz CT molecular complexity index is 345. The molecule has 0 unspecified atom stereocenters. The van der Waals surface area contributed by atoms with Crippen molar-refractivity contribution in [2.24, 2.45) is 0 Å². The highest BCUT2D eigenvalue weighted by molar-refractivity contribution is 6.31. The highest BCUT2D eigenvalue weighted by Crippen LogP contribution is 2.31. The summed E-state index contributed by atoms with van der Waals surface area (Å²) in [5.74, 6) is 0. The Kier molecular flexibility index (Phi) is 2.52. The van der Waals surface area contributed by atoms with Crippen molar-refractivity contribution in [1.29, 1.82) is 0 Å². The van der Waals surface area contributed by atoms with E-state index in [1.54, 1.807) is 0 Å². The van der Waals surface area contributed by atoms with Gasteiger partial charge in [0.1, 0.15) is 5.60 Å². The zero-order valence-corrected chi connectivity index (χ0v) is 8.84. The smallest absolute Gasteiger partial charge is 0.136 e. The second-order valence-electron chi connectivity index (χ2n) is 3.68. The van der Waals surface area contributed by atoms with Crippen molar-refractivity contribution in [2.45, 2.75) is 18.9 Å². The van der Waals surface area contributed by atoms with Crippen molar-refractivity contribution in [1.82, 2.24) is 0 Å². The van der Waals surface area contributed by atoms with E-state index in [2.05, 4.69) is 0 Å². The molecule has 1 heterocycles. The predicted octanol–water partition coefficient (Wildman–Crippen LogP) is 2.12. The first-order chi connectivity index (χ1) is 6.65. The van der Waals surface area contributed by atoms with Crippen LogP contribution in [0.2, 0.25) is 5.02 Å². The first-order valence-corrected chi connectivity index (χ1v) is 5.12. The number of aliphatic hydroxyl groups is 1. The first-order valence-electron chi connectivity index (χ1n) is 4.75. The van der Waals surface area contributed by atoms with Crippen LogP contribution in [-0.4, -0.2) is 18.3 Å². The van der Waals surface area contributed by atoms with Gasteiger partial charge in [-0.05, 0) is 23.6 Å². The molecule has 1 aromatic carbocycles. The van der Waals surface area contributed by atoms with E-state index in [0.717, 1.165) is 22.6 Å². The molecular formula is C11H13ClO2. The summed E-state index contributed by atoms with van der Waals surface area (Å²) in [6.07, 6.45) is 0.879. The van der Waals surface area contributed by atoms with Gasteiger partial charge in [-0.25, -0.2) is 0 Å². The van der Waals surface area contributed by atoms with Gasteiger partial charge in [-0.3, -0.25) is 0 Å². The number of rotatable bonds is 2. The molecule has 2 rings (SSSR count). The lowest BCUT2D eigenvalue weighted by Gasteiger charge is -2.37. The summed E-state index contributed by atoms with van der Waals surface area (Å²) >= 11 is 5.99. The summed E-state index contributed by atoms with van der Waals surface area (Å²) in [6.45, 7) is 2.82. The molecule has 14 heavy (non-hydrogen) atoms. The summed E-state index contributed by atoms with van der Waals surface area (Å²) in [4.78, 5) is 0. The van der Waals surface area contributed by atoms with Crippen LogP contribution in [0.3, 0.4) is 0 Å². The Balaban J connectivity index is 2.35. The van der Waals surface area contributed by atoms with E-state index < -0.39 is 5.60 Å². The number of benzene rings is 1. The van der Waals surface area contributed by atoms with Crippen LogP contribution in [0.1, 0.15) is 18.1 Å². The van der Waals surface area contributed by atoms with E-state index >= 15 is 0 Å². The average molecular weight is 213 g/mol. The molecule has 1 N–H and O–H groups in total. The summed E-state index contributed by atoms with van der Waals surface area (Å²) in [5.41, 5.74) is 1.20. The number of hydrogen-bond acceptors (Lipinski definition) is 2. The fourth-order valence-electron chi connectivity index (χ4n) is 1.60. The zero-order valence-electron chi connectivity index (χ0n) is 8.09. The van der Waals surface area contributed by atoms with Crippen LogP contribution in [0.25, 0.3) is 0 Å². The minimum absolute atomic E-state index is 0.387. The van der Waals surface area contributed by atoms with Crippen LogP contribution in [0, 0.1) is 0 Å². The van der Waals surface area contributed by atoms with Gasteiger partial charge in [-0.2, -0.15) is 0 Å². The van der Waals surface area contributed by atoms with Crippen molar-refractivity contribution >= 4 is 11.6 Å². The third-order valence-electron chi connectivity index (χ3n) is 2.65. The molecule has 1 saturated heterocycles. The van der Waals surface area contributed by atoms with Crippen molar-refractivity contribution in [2.75, 3.05) is 13.2 Å². The van der Waals surface area contributed by atoms with E-state index in [1.165, 1.54) is 0 Å². The van der Waals surface area contributed by atoms with Gasteiger partial charge < -0.3 is 9.84 Å². The second-order valence-corrected chi connectivity index (χ2v) is 4.09. The molecule has 3 heteroatoms. The number of hydrogen-bond donors (Lipinski definition) is 1. The predicted molar refractivity (Wildman–Crippen MR) is 55.5 cm³/mol. The van der Waals surface area contributed by atoms with Crippen molar-refractivity contribution in [3.8, 4) is 0 Å². The van der Waals surface area contributed by atoms with Crippen LogP contribution in [0.4, 0.5) is 0 Å². The van der Waals surface area contributed by atoms with E-state index in [0.29, 0.717) is 13.2 Å². The standard InChI is InChI=1S/C11H13ClO2/c1-2-8-5-9(3-4-10(8)12)11(13)6-14-7-11/h3-5,13H,2,6-7H2,1H3. The highest BCUT2D eigenvalue weighted by atomic mass is 35.5. The summed E-state index contributed by atoms with van der Waals surface area (Å²) in [6, 6.07) is 5.67. The highest BCUT2D eigenvalue weighted by Gasteiger charge is 2.38. The third-order valence-corrected chi connectivity index (χ3v) is 3.01. The van der Waals surface area contributed by atoms with E-state index in [4.69, 9.17) is 16.3 Å². The van der Waals surface area contributed by atoms with Crippen LogP contribution in [0.15, 0.2) is 18.2 Å². The number of halogens is 1. The summed E-state index contributed by atoms with van der Waals surface area (Å²) in [5, 5.41) is 10.8. The molecule has 1 aromatic rings. The average Bonchev–Trinajstić information content (AvgIpc) is 2.15. The molecule has 76 valence electrons. The third kappa shape index (κ3) is 1.54. The molecule has 1 fully saturated rings. The molecule has 0 amide bonds. The SMILES string of the molecule is CCc1cc(C2(O)COC2)ccc1Cl. The topological polar surface area (TPSA) is 29.5 Å². The largest absolute Gasteiger partial charge is 0.380 e. The normalized spacial score (nSPS) is 19.1. The van der Waals surface area contributed by atoms with Crippen LogP contribution in [0.5, 0.6) is 0 Å². The molecule has 1 aliphatic rings. The van der Waals surface area contributed by atoms with E-state index in [9.17, 15) is 5.11 Å². The van der Waals surface area contributed by atoms with E-state index in [-0.39, 0.29) is 0 Å². The fourth-order valence-corrected chi connectivity index (χ4v) is 1.85. The molecule has 0 atom stereocenters. The minimum Gasteiger partial charge on any atom is -0.380 e. The quantitative estimate of drug-likeness (QED) is 0.814. The van der Waals surface area contributed by atoms with Crippen molar-refractivity contribution in [3.05, 3.63) is 34.3 Å². The Hall–Kier alpha value is -0.570. The lowest BCUT2D eigenvalue weighted by Crippen LogP contribution is -2.46. The second kappa shape index (κ2) is 3.54. The monoisotopic (exact) mass is 212 g/mol. The maximum absolute atomic E-state index is 10.0. The van der Waals surface area contributed by atoms with Gasteiger partial charge in [-0.15, -0.1) is 0 Å². The van der Waals surface area contributed by atoms with Crippen LogP contribution < -0.4 is 0 Å². The van der Waals surface area contributed by atoms with E-state index in [1.807, 2.05) is 25.1 Å². The van der Waals surface area contributed by atoms with Crippen LogP contribution in [-0.2, 0) is 16.8 Å². The Morgan fingerprint density at radius 3 is 2.71 bits per heavy atom. The lowest BCUT2D eigenvalue weighted by atomic mass is 9.90. The Labute approximate surface area is 88.5 Å². The van der Waals surface area contributed by atoms with Gasteiger partial charge in [0.2, 0.25) is 0 Å². The van der Waals surface area contributed by atoms with Gasteiger partial charge in [0.25, 0.3) is 0 Å². The zero-order chi connectivity index (χ0) is 10.2. The fraction of sp³-hybridized carbons (Fsp3) is 0.455. The molecule has 0 aromatic heterocycles.